The number of rotatable bonds is 8. The minimum absolute atomic E-state index is 0.117. The monoisotopic (exact) mass is 433 g/mol. The van der Waals surface area contributed by atoms with Crippen molar-refractivity contribution >= 4 is 46.6 Å². The molecule has 1 heterocycles. The lowest BCUT2D eigenvalue weighted by atomic mass is 10.2. The van der Waals surface area contributed by atoms with Gasteiger partial charge in [-0.05, 0) is 59.8 Å². The van der Waals surface area contributed by atoms with E-state index < -0.39 is 18.5 Å². The molecule has 1 saturated heterocycles. The number of hydrogen-bond donors (Lipinski definition) is 1. The molecule has 1 aliphatic rings. The normalized spacial score (nSPS) is 15.1. The number of ether oxygens (including phenoxy) is 2. The van der Waals surface area contributed by atoms with E-state index >= 15 is 0 Å². The number of carbonyl (C=O) groups is 3. The van der Waals surface area contributed by atoms with E-state index in [2.05, 4.69) is 0 Å². The molecule has 0 saturated carbocycles. The maximum atomic E-state index is 12.5. The molecule has 0 unspecified atom stereocenters. The van der Waals surface area contributed by atoms with Crippen molar-refractivity contribution in [2.24, 2.45) is 0 Å². The van der Waals surface area contributed by atoms with Crippen molar-refractivity contribution < 1.29 is 29.0 Å². The zero-order chi connectivity index (χ0) is 20.8. The van der Waals surface area contributed by atoms with Gasteiger partial charge in [-0.15, -0.1) is 0 Å². The first kappa shape index (κ1) is 20.8. The SMILES string of the molecule is O=C(O)COc1cccc(/C=C2\SC(=O)N(CCOc3ccc(Cl)cc3)C2=O)c1. The average molecular weight is 434 g/mol. The van der Waals surface area contributed by atoms with E-state index in [4.69, 9.17) is 26.2 Å². The van der Waals surface area contributed by atoms with E-state index in [1.54, 1.807) is 54.6 Å². The highest BCUT2D eigenvalue weighted by Crippen LogP contribution is 2.32. The summed E-state index contributed by atoms with van der Waals surface area (Å²) >= 11 is 6.65. The minimum atomic E-state index is -1.09. The van der Waals surface area contributed by atoms with Crippen molar-refractivity contribution in [1.82, 2.24) is 4.90 Å². The summed E-state index contributed by atoms with van der Waals surface area (Å²) in [5.74, 6) is -0.541. The Morgan fingerprint density at radius 1 is 1.10 bits per heavy atom. The molecule has 2 amide bonds. The summed E-state index contributed by atoms with van der Waals surface area (Å²) < 4.78 is 10.7. The van der Waals surface area contributed by atoms with Gasteiger partial charge in [-0.2, -0.15) is 0 Å². The van der Waals surface area contributed by atoms with Crippen LogP contribution >= 0.6 is 23.4 Å². The van der Waals surface area contributed by atoms with E-state index in [0.29, 0.717) is 22.1 Å². The van der Waals surface area contributed by atoms with E-state index in [1.807, 2.05) is 0 Å². The topological polar surface area (TPSA) is 93.1 Å². The Labute approximate surface area is 175 Å². The van der Waals surface area contributed by atoms with Gasteiger partial charge in [0.2, 0.25) is 0 Å². The Hall–Kier alpha value is -2.97. The highest BCUT2D eigenvalue weighted by atomic mass is 35.5. The number of hydrogen-bond acceptors (Lipinski definition) is 6. The van der Waals surface area contributed by atoms with Crippen LogP contribution in [-0.2, 0) is 9.59 Å². The molecule has 0 aromatic heterocycles. The van der Waals surface area contributed by atoms with Crippen molar-refractivity contribution in [2.45, 2.75) is 0 Å². The fourth-order valence-corrected chi connectivity index (χ4v) is 3.46. The van der Waals surface area contributed by atoms with E-state index in [9.17, 15) is 14.4 Å². The smallest absolute Gasteiger partial charge is 0.341 e. The number of carboxylic acids is 1. The number of carbonyl (C=O) groups excluding carboxylic acids is 2. The predicted molar refractivity (Wildman–Crippen MR) is 109 cm³/mol. The van der Waals surface area contributed by atoms with Crippen LogP contribution < -0.4 is 9.47 Å². The molecule has 0 radical (unpaired) electrons. The standard InChI is InChI=1S/C20H16ClNO6S/c21-14-4-6-15(7-5-14)27-9-8-22-19(25)17(29-20(22)26)11-13-2-1-3-16(10-13)28-12-18(23)24/h1-7,10-11H,8-9,12H2,(H,23,24)/b17-11-. The van der Waals surface area contributed by atoms with Gasteiger partial charge in [-0.3, -0.25) is 14.5 Å². The Balaban J connectivity index is 1.61. The molecule has 9 heteroatoms. The van der Waals surface area contributed by atoms with Crippen LogP contribution in [0.25, 0.3) is 6.08 Å². The second-order valence-corrected chi connectivity index (χ2v) is 7.32. The fraction of sp³-hybridized carbons (Fsp3) is 0.150. The summed E-state index contributed by atoms with van der Waals surface area (Å²) in [5.41, 5.74) is 0.621. The molecule has 1 N–H and O–H groups in total. The summed E-state index contributed by atoms with van der Waals surface area (Å²) in [4.78, 5) is 36.7. The van der Waals surface area contributed by atoms with Crippen LogP contribution in [0.15, 0.2) is 53.4 Å². The molecule has 0 aliphatic carbocycles. The zero-order valence-corrected chi connectivity index (χ0v) is 16.6. The number of benzene rings is 2. The molecule has 0 atom stereocenters. The Bertz CT molecular complexity index is 960. The van der Waals surface area contributed by atoms with Crippen molar-refractivity contribution in [3.8, 4) is 11.5 Å². The maximum Gasteiger partial charge on any atom is 0.341 e. The maximum absolute atomic E-state index is 12.5. The molecule has 0 bridgehead atoms. The summed E-state index contributed by atoms with van der Waals surface area (Å²) in [7, 11) is 0. The van der Waals surface area contributed by atoms with Gasteiger partial charge in [-0.25, -0.2) is 4.79 Å². The lowest BCUT2D eigenvalue weighted by molar-refractivity contribution is -0.139. The first-order valence-corrected chi connectivity index (χ1v) is 9.70. The van der Waals surface area contributed by atoms with Crippen LogP contribution in [0.1, 0.15) is 5.56 Å². The third-order valence-corrected chi connectivity index (χ3v) is 4.95. The molecule has 29 heavy (non-hydrogen) atoms. The van der Waals surface area contributed by atoms with Crippen LogP contribution in [-0.4, -0.2) is 46.9 Å². The van der Waals surface area contributed by atoms with Crippen LogP contribution in [0, 0.1) is 0 Å². The Morgan fingerprint density at radius 3 is 2.59 bits per heavy atom. The van der Waals surface area contributed by atoms with Gasteiger partial charge in [0.1, 0.15) is 18.1 Å². The van der Waals surface area contributed by atoms with Crippen LogP contribution in [0.2, 0.25) is 5.02 Å². The second kappa shape index (κ2) is 9.49. The van der Waals surface area contributed by atoms with Gasteiger partial charge in [0, 0.05) is 5.02 Å². The lowest BCUT2D eigenvalue weighted by Gasteiger charge is -2.13. The highest BCUT2D eigenvalue weighted by molar-refractivity contribution is 8.18. The van der Waals surface area contributed by atoms with E-state index in [-0.39, 0.29) is 23.3 Å². The Morgan fingerprint density at radius 2 is 1.86 bits per heavy atom. The largest absolute Gasteiger partial charge is 0.492 e. The van der Waals surface area contributed by atoms with Gasteiger partial charge in [0.25, 0.3) is 11.1 Å². The summed E-state index contributed by atoms with van der Waals surface area (Å²) in [6, 6.07) is 13.4. The molecule has 2 aromatic carbocycles. The first-order chi connectivity index (χ1) is 13.9. The average Bonchev–Trinajstić information content (AvgIpc) is 2.95. The number of amides is 2. The molecule has 150 valence electrons. The van der Waals surface area contributed by atoms with Crippen LogP contribution in [0.3, 0.4) is 0 Å². The van der Waals surface area contributed by atoms with Gasteiger partial charge in [-0.1, -0.05) is 23.7 Å². The predicted octanol–water partition coefficient (Wildman–Crippen LogP) is 3.92. The lowest BCUT2D eigenvalue weighted by Crippen LogP contribution is -2.32. The highest BCUT2D eigenvalue weighted by Gasteiger charge is 2.34. The quantitative estimate of drug-likeness (QED) is 0.630. The van der Waals surface area contributed by atoms with E-state index in [1.165, 1.54) is 0 Å². The third kappa shape index (κ3) is 5.75. The number of nitrogens with zero attached hydrogens (tertiary/aromatic N) is 1. The van der Waals surface area contributed by atoms with Gasteiger partial charge >= 0.3 is 5.97 Å². The summed E-state index contributed by atoms with van der Waals surface area (Å²) in [5, 5.41) is 8.89. The van der Waals surface area contributed by atoms with Crippen LogP contribution in [0.4, 0.5) is 4.79 Å². The number of thioether (sulfide) groups is 1. The molecular formula is C20H16ClNO6S. The number of carboxylic acid groups (broad SMARTS) is 1. The first-order valence-electron chi connectivity index (χ1n) is 8.51. The molecule has 7 nitrogen and oxygen atoms in total. The summed E-state index contributed by atoms with van der Waals surface area (Å²) in [6.07, 6.45) is 1.57. The molecule has 3 rings (SSSR count). The third-order valence-electron chi connectivity index (χ3n) is 3.79. The zero-order valence-electron chi connectivity index (χ0n) is 15.0. The van der Waals surface area contributed by atoms with E-state index in [0.717, 1.165) is 16.7 Å². The molecular weight excluding hydrogens is 418 g/mol. The number of halogens is 1. The van der Waals surface area contributed by atoms with Crippen molar-refractivity contribution in [2.75, 3.05) is 19.8 Å². The fourth-order valence-electron chi connectivity index (χ4n) is 2.47. The van der Waals surface area contributed by atoms with Gasteiger partial charge in [0.05, 0.1) is 11.4 Å². The van der Waals surface area contributed by atoms with Crippen molar-refractivity contribution in [3.05, 3.63) is 64.0 Å². The van der Waals surface area contributed by atoms with Gasteiger partial charge < -0.3 is 14.6 Å². The van der Waals surface area contributed by atoms with Crippen molar-refractivity contribution in [3.63, 3.8) is 0 Å². The molecule has 0 spiro atoms. The number of imide groups is 1. The second-order valence-electron chi connectivity index (χ2n) is 5.89. The number of aliphatic carboxylic acids is 1. The molecule has 2 aromatic rings. The van der Waals surface area contributed by atoms with Gasteiger partial charge in [0.15, 0.2) is 6.61 Å². The van der Waals surface area contributed by atoms with Crippen molar-refractivity contribution in [1.29, 1.82) is 0 Å². The molecule has 1 aliphatic heterocycles. The minimum Gasteiger partial charge on any atom is -0.492 e. The van der Waals surface area contributed by atoms with Crippen LogP contribution in [0.5, 0.6) is 11.5 Å². The Kier molecular flexibility index (Phi) is 6.79. The summed E-state index contributed by atoms with van der Waals surface area (Å²) in [6.45, 7) is -0.189. The molecule has 1 fully saturated rings.